The van der Waals surface area contributed by atoms with Crippen LogP contribution in [0.5, 0.6) is 0 Å². The first-order valence-corrected chi connectivity index (χ1v) is 7.11. The number of rotatable bonds is 5. The number of benzene rings is 1. The minimum Gasteiger partial charge on any atom is -0.478 e. The van der Waals surface area contributed by atoms with Crippen molar-refractivity contribution in [3.63, 3.8) is 0 Å². The van der Waals surface area contributed by atoms with Gasteiger partial charge in [0.05, 0.1) is 10.5 Å². The van der Waals surface area contributed by atoms with Crippen molar-refractivity contribution >= 4 is 17.6 Å². The molecular weight excluding hydrogens is 345 g/mol. The van der Waals surface area contributed by atoms with Crippen LogP contribution in [0.25, 0.3) is 0 Å². The number of carboxylic acid groups (broad SMARTS) is 1. The Hall–Kier alpha value is -2.65. The van der Waals surface area contributed by atoms with Crippen LogP contribution in [0.4, 0.5) is 18.9 Å². The number of hydrogen-bond donors (Lipinski definition) is 2. The molecule has 0 bridgehead atoms. The number of nitrogens with one attached hydrogen (secondary N) is 1. The highest BCUT2D eigenvalue weighted by molar-refractivity contribution is 5.98. The van der Waals surface area contributed by atoms with Gasteiger partial charge < -0.3 is 10.4 Å². The van der Waals surface area contributed by atoms with Gasteiger partial charge >= 0.3 is 12.1 Å². The van der Waals surface area contributed by atoms with Crippen LogP contribution in [0.3, 0.4) is 0 Å². The van der Waals surface area contributed by atoms with E-state index in [-0.39, 0.29) is 0 Å². The standard InChI is InChI=1S/C15H17F3N2O5/c1-14(2,3)7-11(15(16,17)18)19-12(21)8-4-9(13(22)23)6-10(5-8)20(24)25/h4-6,11H,7H2,1-3H3,(H,19,21)(H,22,23). The van der Waals surface area contributed by atoms with Gasteiger partial charge in [-0.2, -0.15) is 13.2 Å². The van der Waals surface area contributed by atoms with Crippen LogP contribution in [-0.2, 0) is 0 Å². The number of carbonyl (C=O) groups is 2. The van der Waals surface area contributed by atoms with Gasteiger partial charge in [0.25, 0.3) is 11.6 Å². The van der Waals surface area contributed by atoms with E-state index in [0.717, 1.165) is 18.2 Å². The molecule has 7 nitrogen and oxygen atoms in total. The topological polar surface area (TPSA) is 110 Å². The van der Waals surface area contributed by atoms with Crippen LogP contribution in [-0.4, -0.2) is 34.1 Å². The maximum Gasteiger partial charge on any atom is 0.408 e. The summed E-state index contributed by atoms with van der Waals surface area (Å²) in [7, 11) is 0. The lowest BCUT2D eigenvalue weighted by atomic mass is 9.87. The Balaban J connectivity index is 3.20. The first-order valence-electron chi connectivity index (χ1n) is 7.11. The highest BCUT2D eigenvalue weighted by Crippen LogP contribution is 2.31. The summed E-state index contributed by atoms with van der Waals surface area (Å²) in [6.07, 6.45) is -5.14. The molecule has 1 unspecified atom stereocenters. The minimum atomic E-state index is -4.72. The Bertz CT molecular complexity index is 663. The van der Waals surface area contributed by atoms with Crippen LogP contribution in [0.1, 0.15) is 47.9 Å². The average molecular weight is 362 g/mol. The third-order valence-electron chi connectivity index (χ3n) is 3.15. The molecule has 0 heterocycles. The van der Waals surface area contributed by atoms with Gasteiger partial charge in [0.2, 0.25) is 0 Å². The number of nitrogens with zero attached hydrogens (tertiary/aromatic N) is 1. The predicted molar refractivity (Wildman–Crippen MR) is 81.4 cm³/mol. The second kappa shape index (κ2) is 7.08. The molecule has 1 atom stereocenters. The fraction of sp³-hybridized carbons (Fsp3) is 0.467. The maximum absolute atomic E-state index is 13.1. The number of carboxylic acids is 1. The molecule has 1 aromatic rings. The van der Waals surface area contributed by atoms with Gasteiger partial charge in [-0.05, 0) is 17.9 Å². The first-order chi connectivity index (χ1) is 11.2. The molecule has 0 saturated heterocycles. The van der Waals surface area contributed by atoms with E-state index in [9.17, 15) is 32.9 Å². The fourth-order valence-electron chi connectivity index (χ4n) is 2.07. The fourth-order valence-corrected chi connectivity index (χ4v) is 2.07. The number of amides is 1. The summed E-state index contributed by atoms with van der Waals surface area (Å²) in [6, 6.07) is 0.0596. The van der Waals surface area contributed by atoms with Gasteiger partial charge in [-0.25, -0.2) is 4.79 Å². The van der Waals surface area contributed by atoms with E-state index in [2.05, 4.69) is 0 Å². The van der Waals surface area contributed by atoms with E-state index in [1.807, 2.05) is 0 Å². The summed E-state index contributed by atoms with van der Waals surface area (Å²) in [5.74, 6) is -2.78. The Morgan fingerprint density at radius 3 is 2.12 bits per heavy atom. The van der Waals surface area contributed by atoms with Crippen LogP contribution in [0.15, 0.2) is 18.2 Å². The number of non-ortho nitro benzene ring substituents is 1. The third kappa shape index (κ3) is 6.05. The van der Waals surface area contributed by atoms with Crippen LogP contribution in [0.2, 0.25) is 0 Å². The lowest BCUT2D eigenvalue weighted by molar-refractivity contribution is -0.384. The zero-order chi connectivity index (χ0) is 19.6. The van der Waals surface area contributed by atoms with Crippen LogP contribution in [0, 0.1) is 15.5 Å². The normalized spacial score (nSPS) is 13.2. The van der Waals surface area contributed by atoms with Gasteiger partial charge in [-0.3, -0.25) is 14.9 Å². The van der Waals surface area contributed by atoms with Crippen molar-refractivity contribution in [3.8, 4) is 0 Å². The van der Waals surface area contributed by atoms with Gasteiger partial charge in [0, 0.05) is 17.7 Å². The Morgan fingerprint density at radius 2 is 1.72 bits per heavy atom. The smallest absolute Gasteiger partial charge is 0.408 e. The van der Waals surface area contributed by atoms with Crippen molar-refractivity contribution in [3.05, 3.63) is 39.4 Å². The minimum absolute atomic E-state index is 0.414. The molecule has 0 fully saturated rings. The van der Waals surface area contributed by atoms with Crippen molar-refractivity contribution in [1.29, 1.82) is 0 Å². The van der Waals surface area contributed by atoms with Crippen LogP contribution < -0.4 is 5.32 Å². The summed E-state index contributed by atoms with van der Waals surface area (Å²) in [6.45, 7) is 4.69. The quantitative estimate of drug-likeness (QED) is 0.616. The van der Waals surface area contributed by atoms with Crippen molar-refractivity contribution < 1.29 is 32.8 Å². The molecule has 1 aromatic carbocycles. The molecule has 0 aliphatic rings. The Morgan fingerprint density at radius 1 is 1.20 bits per heavy atom. The molecule has 0 aliphatic carbocycles. The maximum atomic E-state index is 13.1. The molecule has 0 radical (unpaired) electrons. The molecule has 0 saturated carbocycles. The summed E-state index contributed by atoms with van der Waals surface area (Å²) < 4.78 is 39.4. The van der Waals surface area contributed by atoms with Crippen molar-refractivity contribution in [2.45, 2.75) is 39.4 Å². The molecular formula is C15H17F3N2O5. The molecule has 138 valence electrons. The molecule has 10 heteroatoms. The van der Waals surface area contributed by atoms with Crippen molar-refractivity contribution in [2.75, 3.05) is 0 Å². The van der Waals surface area contributed by atoms with Gasteiger partial charge in [-0.15, -0.1) is 0 Å². The summed E-state index contributed by atoms with van der Waals surface area (Å²) >= 11 is 0. The number of nitro groups is 1. The number of nitro benzene ring substituents is 1. The molecule has 0 spiro atoms. The second-order valence-corrected chi connectivity index (χ2v) is 6.66. The third-order valence-corrected chi connectivity index (χ3v) is 3.15. The van der Waals surface area contributed by atoms with E-state index in [4.69, 9.17) is 5.11 Å². The highest BCUT2D eigenvalue weighted by Gasteiger charge is 2.42. The van der Waals surface area contributed by atoms with E-state index >= 15 is 0 Å². The Kier molecular flexibility index (Phi) is 5.77. The second-order valence-electron chi connectivity index (χ2n) is 6.66. The molecule has 0 aliphatic heterocycles. The Labute approximate surface area is 141 Å². The average Bonchev–Trinajstić information content (AvgIpc) is 2.43. The molecule has 2 N–H and O–H groups in total. The zero-order valence-corrected chi connectivity index (χ0v) is 13.7. The zero-order valence-electron chi connectivity index (χ0n) is 13.7. The molecule has 1 rings (SSSR count). The highest BCUT2D eigenvalue weighted by atomic mass is 19.4. The number of aromatic carboxylic acids is 1. The van der Waals surface area contributed by atoms with E-state index in [1.165, 1.54) is 0 Å². The lowest BCUT2D eigenvalue weighted by Gasteiger charge is -2.28. The van der Waals surface area contributed by atoms with Gasteiger partial charge in [-0.1, -0.05) is 20.8 Å². The van der Waals surface area contributed by atoms with Crippen molar-refractivity contribution in [1.82, 2.24) is 5.32 Å². The molecule has 0 aromatic heterocycles. The first kappa shape index (κ1) is 20.4. The number of halogens is 3. The molecule has 1 amide bonds. The molecule has 25 heavy (non-hydrogen) atoms. The number of carbonyl (C=O) groups excluding carboxylic acids is 1. The van der Waals surface area contributed by atoms with Gasteiger partial charge in [0.15, 0.2) is 0 Å². The van der Waals surface area contributed by atoms with E-state index in [0.29, 0.717) is 0 Å². The monoisotopic (exact) mass is 362 g/mol. The summed E-state index contributed by atoms with van der Waals surface area (Å²) in [4.78, 5) is 33.0. The largest absolute Gasteiger partial charge is 0.478 e. The summed E-state index contributed by atoms with van der Waals surface area (Å²) in [5, 5.41) is 21.5. The van der Waals surface area contributed by atoms with Crippen LogP contribution >= 0.6 is 0 Å². The number of alkyl halides is 3. The van der Waals surface area contributed by atoms with Crippen molar-refractivity contribution in [2.24, 2.45) is 5.41 Å². The number of hydrogen-bond acceptors (Lipinski definition) is 4. The summed E-state index contributed by atoms with van der Waals surface area (Å²) in [5.41, 5.74) is -2.56. The van der Waals surface area contributed by atoms with E-state index < -0.39 is 57.7 Å². The van der Waals surface area contributed by atoms with Gasteiger partial charge in [0.1, 0.15) is 6.04 Å². The predicted octanol–water partition coefficient (Wildman–Crippen LogP) is 3.39. The lowest BCUT2D eigenvalue weighted by Crippen LogP contribution is -2.47. The van der Waals surface area contributed by atoms with E-state index in [1.54, 1.807) is 26.1 Å². The SMILES string of the molecule is CC(C)(C)CC(NC(=O)c1cc(C(=O)O)cc([N+](=O)[O-])c1)C(F)(F)F.